The van der Waals surface area contributed by atoms with Crippen molar-refractivity contribution < 1.29 is 23.7 Å². The number of nitrogens with zero attached hydrogens (tertiary/aromatic N) is 1. The molecule has 0 aliphatic carbocycles. The van der Waals surface area contributed by atoms with Crippen molar-refractivity contribution in [3.8, 4) is 23.0 Å². The number of hydrogen-bond acceptors (Lipinski definition) is 7. The standard InChI is InChI=1S/C29H21NO5S2/c1-32-25-13-18(9-11-23(25)33-16-20-7-4-6-19-5-2-3-8-22(19)20)14-27-28(31)30(29(36)37-27)21-10-12-24-26(15-21)35-17-34-24/h2-15H,16-17H2,1H3/b27-14+. The van der Waals surface area contributed by atoms with Crippen LogP contribution in [0, 0.1) is 0 Å². The van der Waals surface area contributed by atoms with Crippen LogP contribution in [0.25, 0.3) is 16.8 Å². The van der Waals surface area contributed by atoms with Gasteiger partial charge in [-0.2, -0.15) is 0 Å². The minimum atomic E-state index is -0.191. The fourth-order valence-electron chi connectivity index (χ4n) is 4.33. The Morgan fingerprint density at radius 2 is 1.81 bits per heavy atom. The Kier molecular flexibility index (Phi) is 6.20. The third-order valence-electron chi connectivity index (χ3n) is 6.16. The van der Waals surface area contributed by atoms with Crippen LogP contribution in [0.4, 0.5) is 5.69 Å². The van der Waals surface area contributed by atoms with Crippen molar-refractivity contribution in [2.45, 2.75) is 6.61 Å². The summed E-state index contributed by atoms with van der Waals surface area (Å²) in [4.78, 5) is 15.3. The zero-order valence-corrected chi connectivity index (χ0v) is 21.4. The van der Waals surface area contributed by atoms with Gasteiger partial charge in [-0.3, -0.25) is 9.69 Å². The minimum absolute atomic E-state index is 0.167. The molecule has 6 nitrogen and oxygen atoms in total. The number of benzene rings is 4. The Balaban J connectivity index is 1.22. The third-order valence-corrected chi connectivity index (χ3v) is 7.46. The van der Waals surface area contributed by atoms with Gasteiger partial charge in [0.15, 0.2) is 27.3 Å². The van der Waals surface area contributed by atoms with Crippen molar-refractivity contribution in [3.05, 3.63) is 94.9 Å². The van der Waals surface area contributed by atoms with Gasteiger partial charge in [-0.15, -0.1) is 0 Å². The fourth-order valence-corrected chi connectivity index (χ4v) is 5.63. The highest BCUT2D eigenvalue weighted by molar-refractivity contribution is 8.27. The molecule has 0 radical (unpaired) electrons. The van der Waals surface area contributed by atoms with Crippen LogP contribution >= 0.6 is 24.0 Å². The Labute approximate surface area is 223 Å². The number of carbonyl (C=O) groups excluding carboxylic acids is 1. The smallest absolute Gasteiger partial charge is 0.270 e. The quantitative estimate of drug-likeness (QED) is 0.208. The van der Waals surface area contributed by atoms with E-state index in [4.69, 9.17) is 31.2 Å². The van der Waals surface area contributed by atoms with E-state index in [0.717, 1.165) is 16.5 Å². The third kappa shape index (κ3) is 4.50. The molecular weight excluding hydrogens is 506 g/mol. The Bertz CT molecular complexity index is 1580. The molecule has 0 aromatic heterocycles. The molecule has 2 aliphatic heterocycles. The van der Waals surface area contributed by atoms with Crippen molar-refractivity contribution in [1.82, 2.24) is 0 Å². The Hall–Kier alpha value is -4.01. The van der Waals surface area contributed by atoms with Gasteiger partial charge in [0.2, 0.25) is 6.79 Å². The summed E-state index contributed by atoms with van der Waals surface area (Å²) >= 11 is 6.77. The van der Waals surface area contributed by atoms with E-state index < -0.39 is 0 Å². The number of fused-ring (bicyclic) bond motifs is 2. The van der Waals surface area contributed by atoms with Gasteiger partial charge in [-0.1, -0.05) is 72.5 Å². The number of rotatable bonds is 6. The Morgan fingerprint density at radius 1 is 0.973 bits per heavy atom. The average molecular weight is 528 g/mol. The second-order valence-electron chi connectivity index (χ2n) is 8.39. The lowest BCUT2D eigenvalue weighted by Crippen LogP contribution is -2.27. The zero-order chi connectivity index (χ0) is 25.4. The predicted molar refractivity (Wildman–Crippen MR) is 149 cm³/mol. The molecule has 0 saturated carbocycles. The van der Waals surface area contributed by atoms with Crippen LogP contribution in [0.2, 0.25) is 0 Å². The summed E-state index contributed by atoms with van der Waals surface area (Å²) in [7, 11) is 1.60. The average Bonchev–Trinajstić information content (AvgIpc) is 3.50. The van der Waals surface area contributed by atoms with E-state index >= 15 is 0 Å². The molecule has 8 heteroatoms. The van der Waals surface area contributed by atoms with Crippen LogP contribution < -0.4 is 23.8 Å². The number of amides is 1. The molecule has 1 amide bonds. The molecule has 0 atom stereocenters. The van der Waals surface area contributed by atoms with E-state index in [1.807, 2.05) is 42.5 Å². The van der Waals surface area contributed by atoms with Crippen molar-refractivity contribution >= 4 is 56.7 Å². The molecule has 2 aliphatic rings. The molecule has 0 bridgehead atoms. The van der Waals surface area contributed by atoms with Crippen LogP contribution in [-0.2, 0) is 11.4 Å². The number of hydrogen-bond donors (Lipinski definition) is 0. The predicted octanol–water partition coefficient (Wildman–Crippen LogP) is 6.56. The zero-order valence-electron chi connectivity index (χ0n) is 19.8. The molecule has 4 aromatic rings. The summed E-state index contributed by atoms with van der Waals surface area (Å²) < 4.78 is 23.0. The van der Waals surface area contributed by atoms with E-state index in [0.29, 0.717) is 44.5 Å². The monoisotopic (exact) mass is 527 g/mol. The first kappa shape index (κ1) is 23.4. The van der Waals surface area contributed by atoms with E-state index in [1.165, 1.54) is 22.0 Å². The first-order valence-electron chi connectivity index (χ1n) is 11.6. The van der Waals surface area contributed by atoms with E-state index in [1.54, 1.807) is 25.3 Å². The SMILES string of the molecule is COc1cc(/C=C2/SC(=S)N(c3ccc4c(c3)OCO4)C2=O)ccc1OCc1cccc2ccccc12. The number of ether oxygens (including phenoxy) is 4. The number of thioether (sulfide) groups is 1. The van der Waals surface area contributed by atoms with Crippen LogP contribution in [-0.4, -0.2) is 24.1 Å². The first-order valence-corrected chi connectivity index (χ1v) is 12.8. The second-order valence-corrected chi connectivity index (χ2v) is 10.1. The molecular formula is C29H21NO5S2. The lowest BCUT2D eigenvalue weighted by molar-refractivity contribution is -0.113. The maximum Gasteiger partial charge on any atom is 0.270 e. The second kappa shape index (κ2) is 9.80. The number of methoxy groups -OCH3 is 1. The van der Waals surface area contributed by atoms with Crippen LogP contribution in [0.5, 0.6) is 23.0 Å². The summed E-state index contributed by atoms with van der Waals surface area (Å²) in [5.41, 5.74) is 2.54. The van der Waals surface area contributed by atoms with Crippen molar-refractivity contribution in [3.63, 3.8) is 0 Å². The van der Waals surface area contributed by atoms with E-state index in [-0.39, 0.29) is 12.7 Å². The highest BCUT2D eigenvalue weighted by Crippen LogP contribution is 2.41. The molecule has 1 fully saturated rings. The largest absolute Gasteiger partial charge is 0.493 e. The molecule has 184 valence electrons. The Morgan fingerprint density at radius 3 is 2.70 bits per heavy atom. The van der Waals surface area contributed by atoms with Gasteiger partial charge >= 0.3 is 0 Å². The maximum absolute atomic E-state index is 13.2. The number of thiocarbonyl (C=S) groups is 1. The summed E-state index contributed by atoms with van der Waals surface area (Å²) in [6.45, 7) is 0.575. The van der Waals surface area contributed by atoms with Gasteiger partial charge in [0.25, 0.3) is 5.91 Å². The van der Waals surface area contributed by atoms with Crippen LogP contribution in [0.1, 0.15) is 11.1 Å². The maximum atomic E-state index is 13.2. The normalized spacial score (nSPS) is 15.6. The highest BCUT2D eigenvalue weighted by atomic mass is 32.2. The van der Waals surface area contributed by atoms with Gasteiger partial charge in [0.05, 0.1) is 17.7 Å². The van der Waals surface area contributed by atoms with Crippen molar-refractivity contribution in [2.24, 2.45) is 0 Å². The van der Waals surface area contributed by atoms with Crippen LogP contribution in [0.15, 0.2) is 83.8 Å². The van der Waals surface area contributed by atoms with Gasteiger partial charge in [0.1, 0.15) is 6.61 Å². The number of anilines is 1. The molecule has 6 rings (SSSR count). The first-order chi connectivity index (χ1) is 18.1. The lowest BCUT2D eigenvalue weighted by Gasteiger charge is -2.15. The van der Waals surface area contributed by atoms with Crippen LogP contribution in [0.3, 0.4) is 0 Å². The van der Waals surface area contributed by atoms with Gasteiger partial charge in [-0.05, 0) is 52.2 Å². The summed E-state index contributed by atoms with van der Waals surface area (Å²) in [6.07, 6.45) is 1.81. The summed E-state index contributed by atoms with van der Waals surface area (Å²) in [5.74, 6) is 2.27. The van der Waals surface area contributed by atoms with E-state index in [9.17, 15) is 4.79 Å². The summed E-state index contributed by atoms with van der Waals surface area (Å²) in [6, 6.07) is 25.4. The van der Waals surface area contributed by atoms with Crippen molar-refractivity contribution in [2.75, 3.05) is 18.8 Å². The fraction of sp³-hybridized carbons (Fsp3) is 0.103. The number of carbonyl (C=O) groups is 1. The minimum Gasteiger partial charge on any atom is -0.493 e. The molecule has 0 unspecified atom stereocenters. The topological polar surface area (TPSA) is 57.2 Å². The lowest BCUT2D eigenvalue weighted by atomic mass is 10.1. The summed E-state index contributed by atoms with van der Waals surface area (Å²) in [5, 5.41) is 2.33. The van der Waals surface area contributed by atoms with Gasteiger partial charge < -0.3 is 18.9 Å². The molecule has 37 heavy (non-hydrogen) atoms. The highest BCUT2D eigenvalue weighted by Gasteiger charge is 2.34. The molecule has 2 heterocycles. The molecule has 4 aromatic carbocycles. The van der Waals surface area contributed by atoms with Gasteiger partial charge in [0, 0.05) is 6.07 Å². The van der Waals surface area contributed by atoms with Crippen molar-refractivity contribution in [1.29, 1.82) is 0 Å². The molecule has 0 N–H and O–H groups in total. The molecule has 1 saturated heterocycles. The van der Waals surface area contributed by atoms with E-state index in [2.05, 4.69) is 24.3 Å². The van der Waals surface area contributed by atoms with Gasteiger partial charge in [-0.25, -0.2) is 0 Å². The molecule has 0 spiro atoms.